The van der Waals surface area contributed by atoms with E-state index in [1.54, 1.807) is 6.92 Å². The molecule has 1 amide bonds. The Labute approximate surface area is 94.2 Å². The highest BCUT2D eigenvalue weighted by molar-refractivity contribution is 8.00. The van der Waals surface area contributed by atoms with Crippen molar-refractivity contribution in [1.82, 2.24) is 0 Å². The third kappa shape index (κ3) is 3.57. The normalized spacial score (nSPS) is 14.6. The van der Waals surface area contributed by atoms with Crippen LogP contribution in [0.4, 0.5) is 0 Å². The summed E-state index contributed by atoms with van der Waals surface area (Å²) in [6.07, 6.45) is 0. The second kappa shape index (κ2) is 5.19. The van der Waals surface area contributed by atoms with Gasteiger partial charge in [-0.2, -0.15) is 0 Å². The summed E-state index contributed by atoms with van der Waals surface area (Å²) < 4.78 is 0. The summed E-state index contributed by atoms with van der Waals surface area (Å²) >= 11 is 1.46. The zero-order valence-corrected chi connectivity index (χ0v) is 9.75. The number of carbonyl (C=O) groups excluding carboxylic acids is 1. The quantitative estimate of drug-likeness (QED) is 0.764. The first-order valence-corrected chi connectivity index (χ1v) is 5.70. The van der Waals surface area contributed by atoms with E-state index in [2.05, 4.69) is 0 Å². The number of hydrogen-bond donors (Lipinski definition) is 2. The van der Waals surface area contributed by atoms with Gasteiger partial charge < -0.3 is 11.5 Å². The molecule has 1 aromatic carbocycles. The van der Waals surface area contributed by atoms with Crippen LogP contribution in [0.1, 0.15) is 25.5 Å². The Bertz CT molecular complexity index is 335. The van der Waals surface area contributed by atoms with E-state index in [9.17, 15) is 4.79 Å². The van der Waals surface area contributed by atoms with E-state index >= 15 is 0 Å². The summed E-state index contributed by atoms with van der Waals surface area (Å²) in [4.78, 5) is 11.9. The van der Waals surface area contributed by atoms with Gasteiger partial charge in [-0.1, -0.05) is 12.1 Å². The van der Waals surface area contributed by atoms with Gasteiger partial charge in [0.25, 0.3) is 0 Å². The molecule has 0 saturated carbocycles. The number of primary amides is 1. The highest BCUT2D eigenvalue weighted by atomic mass is 32.2. The third-order valence-electron chi connectivity index (χ3n) is 2.12. The van der Waals surface area contributed by atoms with Crippen molar-refractivity contribution in [3.63, 3.8) is 0 Å². The third-order valence-corrected chi connectivity index (χ3v) is 3.25. The molecule has 0 aliphatic rings. The first-order valence-electron chi connectivity index (χ1n) is 4.82. The van der Waals surface area contributed by atoms with E-state index < -0.39 is 0 Å². The number of benzene rings is 1. The molecular formula is C11H16N2OS. The van der Waals surface area contributed by atoms with E-state index in [0.29, 0.717) is 0 Å². The SMILES string of the molecule is CC(Sc1ccc(C(C)N)cc1)C(N)=O. The van der Waals surface area contributed by atoms with Crippen LogP contribution in [-0.2, 0) is 4.79 Å². The van der Waals surface area contributed by atoms with Gasteiger partial charge in [-0.05, 0) is 31.5 Å². The maximum Gasteiger partial charge on any atom is 0.230 e. The molecule has 15 heavy (non-hydrogen) atoms. The number of amides is 1. The van der Waals surface area contributed by atoms with Crippen molar-refractivity contribution in [2.24, 2.45) is 11.5 Å². The van der Waals surface area contributed by atoms with Gasteiger partial charge in [0.2, 0.25) is 5.91 Å². The first kappa shape index (κ1) is 12.1. The lowest BCUT2D eigenvalue weighted by atomic mass is 10.1. The largest absolute Gasteiger partial charge is 0.369 e. The van der Waals surface area contributed by atoms with Gasteiger partial charge >= 0.3 is 0 Å². The molecule has 0 fully saturated rings. The van der Waals surface area contributed by atoms with E-state index in [1.807, 2.05) is 31.2 Å². The monoisotopic (exact) mass is 224 g/mol. The molecule has 3 nitrogen and oxygen atoms in total. The van der Waals surface area contributed by atoms with Gasteiger partial charge in [-0.3, -0.25) is 4.79 Å². The van der Waals surface area contributed by atoms with E-state index in [1.165, 1.54) is 11.8 Å². The maximum atomic E-state index is 10.9. The molecule has 0 spiro atoms. The smallest absolute Gasteiger partial charge is 0.230 e. The van der Waals surface area contributed by atoms with Crippen molar-refractivity contribution in [1.29, 1.82) is 0 Å². The molecule has 0 aliphatic heterocycles. The van der Waals surface area contributed by atoms with Crippen LogP contribution in [0.25, 0.3) is 0 Å². The van der Waals surface area contributed by atoms with E-state index in [-0.39, 0.29) is 17.2 Å². The lowest BCUT2D eigenvalue weighted by Crippen LogP contribution is -2.22. The molecule has 0 aliphatic carbocycles. The number of rotatable bonds is 4. The van der Waals surface area contributed by atoms with Crippen LogP contribution in [0.2, 0.25) is 0 Å². The number of hydrogen-bond acceptors (Lipinski definition) is 3. The fourth-order valence-electron chi connectivity index (χ4n) is 1.11. The van der Waals surface area contributed by atoms with Crippen LogP contribution in [0.15, 0.2) is 29.2 Å². The lowest BCUT2D eigenvalue weighted by molar-refractivity contribution is -0.117. The van der Waals surface area contributed by atoms with Crippen LogP contribution >= 0.6 is 11.8 Å². The minimum absolute atomic E-state index is 0.0395. The van der Waals surface area contributed by atoms with Crippen molar-refractivity contribution >= 4 is 17.7 Å². The Hall–Kier alpha value is -1.00. The van der Waals surface area contributed by atoms with Crippen molar-refractivity contribution in [3.05, 3.63) is 29.8 Å². The van der Waals surface area contributed by atoms with Crippen LogP contribution in [-0.4, -0.2) is 11.2 Å². The summed E-state index contributed by atoms with van der Waals surface area (Å²) in [5, 5.41) is -0.203. The van der Waals surface area contributed by atoms with Crippen molar-refractivity contribution in [2.75, 3.05) is 0 Å². The fourth-order valence-corrected chi connectivity index (χ4v) is 1.93. The average Bonchev–Trinajstić information content (AvgIpc) is 2.18. The molecule has 4 N–H and O–H groups in total. The van der Waals surface area contributed by atoms with Gasteiger partial charge in [0.05, 0.1) is 5.25 Å². The molecule has 0 saturated heterocycles. The predicted molar refractivity (Wildman–Crippen MR) is 63.6 cm³/mol. The number of thioether (sulfide) groups is 1. The molecule has 82 valence electrons. The molecule has 2 atom stereocenters. The Kier molecular flexibility index (Phi) is 4.17. The molecule has 1 aromatic rings. The summed E-state index contributed by atoms with van der Waals surface area (Å²) in [6.45, 7) is 3.74. The Morgan fingerprint density at radius 3 is 2.20 bits per heavy atom. The minimum atomic E-state index is -0.295. The zero-order chi connectivity index (χ0) is 11.4. The standard InChI is InChI=1S/C11H16N2OS/c1-7(12)9-3-5-10(6-4-9)15-8(2)11(13)14/h3-8H,12H2,1-2H3,(H2,13,14). The maximum absolute atomic E-state index is 10.9. The molecule has 0 bridgehead atoms. The molecule has 2 unspecified atom stereocenters. The van der Waals surface area contributed by atoms with Crippen molar-refractivity contribution < 1.29 is 4.79 Å². The van der Waals surface area contributed by atoms with Crippen LogP contribution < -0.4 is 11.5 Å². The summed E-state index contributed by atoms with van der Waals surface area (Å²) in [6, 6.07) is 7.91. The summed E-state index contributed by atoms with van der Waals surface area (Å²) in [5.74, 6) is -0.295. The molecule has 0 radical (unpaired) electrons. The van der Waals surface area contributed by atoms with Crippen molar-refractivity contribution in [2.45, 2.75) is 30.0 Å². The van der Waals surface area contributed by atoms with Crippen LogP contribution in [0, 0.1) is 0 Å². The number of nitrogens with two attached hydrogens (primary N) is 2. The second-order valence-electron chi connectivity index (χ2n) is 3.52. The van der Waals surface area contributed by atoms with Gasteiger partial charge in [0, 0.05) is 10.9 Å². The zero-order valence-electron chi connectivity index (χ0n) is 8.94. The minimum Gasteiger partial charge on any atom is -0.369 e. The summed E-state index contributed by atoms with van der Waals surface area (Å²) in [7, 11) is 0. The van der Waals surface area contributed by atoms with E-state index in [0.717, 1.165) is 10.5 Å². The molecule has 0 heterocycles. The van der Waals surface area contributed by atoms with Crippen LogP contribution in [0.5, 0.6) is 0 Å². The van der Waals surface area contributed by atoms with Gasteiger partial charge in [0.15, 0.2) is 0 Å². The van der Waals surface area contributed by atoms with Crippen molar-refractivity contribution in [3.8, 4) is 0 Å². The van der Waals surface area contributed by atoms with Gasteiger partial charge in [-0.15, -0.1) is 11.8 Å². The molecule has 0 aromatic heterocycles. The highest BCUT2D eigenvalue weighted by Crippen LogP contribution is 2.24. The fraction of sp³-hybridized carbons (Fsp3) is 0.364. The topological polar surface area (TPSA) is 69.1 Å². The predicted octanol–water partition coefficient (Wildman–Crippen LogP) is 1.67. The summed E-state index contributed by atoms with van der Waals surface area (Å²) in [5.41, 5.74) is 12.0. The molecule has 1 rings (SSSR count). The lowest BCUT2D eigenvalue weighted by Gasteiger charge is -2.09. The van der Waals surface area contributed by atoms with E-state index in [4.69, 9.17) is 11.5 Å². The Morgan fingerprint density at radius 1 is 1.27 bits per heavy atom. The average molecular weight is 224 g/mol. The van der Waals surface area contributed by atoms with Gasteiger partial charge in [0.1, 0.15) is 0 Å². The Balaban J connectivity index is 2.68. The number of carbonyl (C=O) groups is 1. The molecule has 4 heteroatoms. The van der Waals surface area contributed by atoms with Gasteiger partial charge in [-0.25, -0.2) is 0 Å². The second-order valence-corrected chi connectivity index (χ2v) is 4.93. The van der Waals surface area contributed by atoms with Crippen LogP contribution in [0.3, 0.4) is 0 Å². The first-order chi connectivity index (χ1) is 7.00. The molecular weight excluding hydrogens is 208 g/mol. The highest BCUT2D eigenvalue weighted by Gasteiger charge is 2.10. The Morgan fingerprint density at radius 2 is 1.80 bits per heavy atom.